The molecule has 0 unspecified atom stereocenters. The number of anilines is 2. The molecule has 1 saturated heterocycles. The molecule has 1 aliphatic rings. The van der Waals surface area contributed by atoms with Crippen molar-refractivity contribution in [2.75, 3.05) is 23.4 Å². The van der Waals surface area contributed by atoms with E-state index in [0.717, 1.165) is 17.0 Å². The normalized spacial score (nSPS) is 14.4. The monoisotopic (exact) mass is 490 g/mol. The first-order chi connectivity index (χ1) is 16.5. The minimum Gasteiger partial charge on any atom is -0.494 e. The van der Waals surface area contributed by atoms with Gasteiger partial charge in [-0.3, -0.25) is 14.5 Å². The van der Waals surface area contributed by atoms with Gasteiger partial charge in [-0.2, -0.15) is 0 Å². The molecule has 172 valence electrons. The third-order valence-corrected chi connectivity index (χ3v) is 6.09. The predicted molar refractivity (Wildman–Crippen MR) is 140 cm³/mol. The van der Waals surface area contributed by atoms with Gasteiger partial charge in [-0.25, -0.2) is 0 Å². The van der Waals surface area contributed by atoms with E-state index in [2.05, 4.69) is 5.32 Å². The van der Waals surface area contributed by atoms with Gasteiger partial charge in [0, 0.05) is 5.69 Å². The Bertz CT molecular complexity index is 1230. The number of thiocarbonyl (C=S) groups is 1. The quantitative estimate of drug-likeness (QED) is 0.332. The molecule has 4 rings (SSSR count). The van der Waals surface area contributed by atoms with E-state index in [1.165, 1.54) is 16.7 Å². The Labute approximate surface area is 207 Å². The Morgan fingerprint density at radius 3 is 2.50 bits per heavy atom. The predicted octanol–water partition coefficient (Wildman–Crippen LogP) is 5.51. The molecule has 6 nitrogen and oxygen atoms in total. The number of nitrogens with zero attached hydrogens (tertiary/aromatic N) is 1. The lowest BCUT2D eigenvalue weighted by Gasteiger charge is -2.13. The summed E-state index contributed by atoms with van der Waals surface area (Å²) in [6, 6.07) is 23.7. The van der Waals surface area contributed by atoms with Crippen molar-refractivity contribution in [1.82, 2.24) is 0 Å². The van der Waals surface area contributed by atoms with E-state index < -0.39 is 0 Å². The summed E-state index contributed by atoms with van der Waals surface area (Å²) in [5.74, 6) is 0.823. The summed E-state index contributed by atoms with van der Waals surface area (Å²) >= 11 is 6.67. The molecule has 1 N–H and O–H groups in total. The highest BCUT2D eigenvalue weighted by Crippen LogP contribution is 2.36. The number of hydrogen-bond donors (Lipinski definition) is 1. The third kappa shape index (κ3) is 5.84. The molecule has 34 heavy (non-hydrogen) atoms. The summed E-state index contributed by atoms with van der Waals surface area (Å²) in [6.07, 6.45) is 1.77. The Kier molecular flexibility index (Phi) is 7.61. The fraction of sp³-hybridized carbons (Fsp3) is 0.115. The van der Waals surface area contributed by atoms with Crippen LogP contribution in [-0.2, 0) is 9.59 Å². The Morgan fingerprint density at radius 1 is 1.00 bits per heavy atom. The lowest BCUT2D eigenvalue weighted by Crippen LogP contribution is -2.27. The molecule has 0 radical (unpaired) electrons. The van der Waals surface area contributed by atoms with E-state index in [9.17, 15) is 9.59 Å². The van der Waals surface area contributed by atoms with Crippen molar-refractivity contribution in [1.29, 1.82) is 0 Å². The number of carbonyl (C=O) groups excluding carboxylic acids is 2. The molecule has 3 aromatic carbocycles. The minimum atomic E-state index is -0.279. The molecule has 8 heteroatoms. The lowest BCUT2D eigenvalue weighted by molar-refractivity contribution is -0.118. The second-order valence-electron chi connectivity index (χ2n) is 7.22. The number of thioether (sulfide) groups is 1. The standard InChI is InChI=1S/C26H22N2O4S2/c1-2-31-21-13-11-19(12-14-21)27-24(29)17-32-22-10-6-7-18(15-22)16-23-25(30)28(26(33)34-23)20-8-4-3-5-9-20/h3-16H,2,17H2,1H3,(H,27,29)/b23-16-. The van der Waals surface area contributed by atoms with E-state index in [1.54, 1.807) is 42.5 Å². The zero-order valence-electron chi connectivity index (χ0n) is 18.4. The first kappa shape index (κ1) is 23.5. The SMILES string of the molecule is CCOc1ccc(NC(=O)COc2cccc(/C=C3\SC(=S)N(c4ccccc4)C3=O)c2)cc1. The van der Waals surface area contributed by atoms with Crippen LogP contribution in [0.3, 0.4) is 0 Å². The molecule has 0 aliphatic carbocycles. The molecular weight excluding hydrogens is 468 g/mol. The zero-order valence-corrected chi connectivity index (χ0v) is 20.0. The summed E-state index contributed by atoms with van der Waals surface area (Å²) in [6.45, 7) is 2.35. The number of hydrogen-bond acceptors (Lipinski definition) is 6. The Morgan fingerprint density at radius 2 is 1.76 bits per heavy atom. The van der Waals surface area contributed by atoms with Crippen LogP contribution in [0.15, 0.2) is 83.8 Å². The summed E-state index contributed by atoms with van der Waals surface area (Å²) < 4.78 is 11.5. The first-order valence-electron chi connectivity index (χ1n) is 10.6. The summed E-state index contributed by atoms with van der Waals surface area (Å²) in [7, 11) is 0. The second kappa shape index (κ2) is 11.0. The van der Waals surface area contributed by atoms with Gasteiger partial charge in [-0.05, 0) is 67.1 Å². The van der Waals surface area contributed by atoms with Crippen molar-refractivity contribution in [2.24, 2.45) is 0 Å². The van der Waals surface area contributed by atoms with Crippen molar-refractivity contribution in [3.8, 4) is 11.5 Å². The molecule has 1 heterocycles. The maximum atomic E-state index is 12.9. The van der Waals surface area contributed by atoms with Crippen LogP contribution in [0.4, 0.5) is 11.4 Å². The van der Waals surface area contributed by atoms with Gasteiger partial charge >= 0.3 is 0 Å². The maximum absolute atomic E-state index is 12.9. The Hall–Kier alpha value is -3.62. The van der Waals surface area contributed by atoms with Crippen LogP contribution in [0.1, 0.15) is 12.5 Å². The van der Waals surface area contributed by atoms with Crippen molar-refractivity contribution < 1.29 is 19.1 Å². The van der Waals surface area contributed by atoms with Crippen molar-refractivity contribution in [3.63, 3.8) is 0 Å². The molecule has 2 amide bonds. The zero-order chi connectivity index (χ0) is 23.9. The van der Waals surface area contributed by atoms with E-state index in [1.807, 2.05) is 49.4 Å². The highest BCUT2D eigenvalue weighted by atomic mass is 32.2. The van der Waals surface area contributed by atoms with E-state index >= 15 is 0 Å². The number of para-hydroxylation sites is 1. The number of nitrogens with one attached hydrogen (secondary N) is 1. The Balaban J connectivity index is 1.37. The van der Waals surface area contributed by atoms with E-state index in [0.29, 0.717) is 27.3 Å². The summed E-state index contributed by atoms with van der Waals surface area (Å²) in [5.41, 5.74) is 2.17. The molecule has 0 spiro atoms. The average Bonchev–Trinajstić information content (AvgIpc) is 3.12. The van der Waals surface area contributed by atoms with Gasteiger partial charge in [0.15, 0.2) is 10.9 Å². The van der Waals surface area contributed by atoms with Gasteiger partial charge in [0.2, 0.25) is 0 Å². The largest absolute Gasteiger partial charge is 0.494 e. The van der Waals surface area contributed by atoms with Gasteiger partial charge in [0.05, 0.1) is 17.2 Å². The van der Waals surface area contributed by atoms with Crippen LogP contribution in [0.5, 0.6) is 11.5 Å². The van der Waals surface area contributed by atoms with E-state index in [-0.39, 0.29) is 18.4 Å². The maximum Gasteiger partial charge on any atom is 0.270 e. The van der Waals surface area contributed by atoms with Crippen molar-refractivity contribution in [2.45, 2.75) is 6.92 Å². The molecule has 3 aromatic rings. The van der Waals surface area contributed by atoms with Gasteiger partial charge in [-0.15, -0.1) is 0 Å². The molecule has 0 atom stereocenters. The lowest BCUT2D eigenvalue weighted by atomic mass is 10.2. The second-order valence-corrected chi connectivity index (χ2v) is 8.90. The molecular formula is C26H22N2O4S2. The van der Waals surface area contributed by atoms with Crippen LogP contribution < -0.4 is 19.7 Å². The number of amides is 2. The number of rotatable bonds is 8. The first-order valence-corrected chi connectivity index (χ1v) is 11.8. The van der Waals surface area contributed by atoms with Crippen molar-refractivity contribution >= 4 is 57.6 Å². The van der Waals surface area contributed by atoms with Crippen LogP contribution in [-0.4, -0.2) is 29.3 Å². The van der Waals surface area contributed by atoms with E-state index in [4.69, 9.17) is 21.7 Å². The van der Waals surface area contributed by atoms with Crippen molar-refractivity contribution in [3.05, 3.63) is 89.3 Å². The summed E-state index contributed by atoms with van der Waals surface area (Å²) in [4.78, 5) is 27.2. The molecule has 1 aliphatic heterocycles. The number of benzene rings is 3. The highest BCUT2D eigenvalue weighted by molar-refractivity contribution is 8.27. The van der Waals surface area contributed by atoms with Crippen LogP contribution in [0.2, 0.25) is 0 Å². The molecule has 0 saturated carbocycles. The van der Waals surface area contributed by atoms with Gasteiger partial charge in [-0.1, -0.05) is 54.3 Å². The van der Waals surface area contributed by atoms with Crippen LogP contribution in [0.25, 0.3) is 6.08 Å². The molecule has 1 fully saturated rings. The smallest absolute Gasteiger partial charge is 0.270 e. The number of carbonyl (C=O) groups is 2. The third-order valence-electron chi connectivity index (χ3n) is 4.78. The minimum absolute atomic E-state index is 0.146. The topological polar surface area (TPSA) is 67.9 Å². The van der Waals surface area contributed by atoms with Crippen LogP contribution in [0, 0.1) is 0 Å². The van der Waals surface area contributed by atoms with Gasteiger partial charge in [0.25, 0.3) is 11.8 Å². The summed E-state index contributed by atoms with van der Waals surface area (Å²) in [5, 5.41) is 2.79. The van der Waals surface area contributed by atoms with Crippen LogP contribution >= 0.6 is 24.0 Å². The number of ether oxygens (including phenoxy) is 2. The van der Waals surface area contributed by atoms with Gasteiger partial charge < -0.3 is 14.8 Å². The fourth-order valence-corrected chi connectivity index (χ4v) is 4.56. The molecule has 0 aromatic heterocycles. The molecule has 0 bridgehead atoms. The van der Waals surface area contributed by atoms with Gasteiger partial charge in [0.1, 0.15) is 11.5 Å². The highest BCUT2D eigenvalue weighted by Gasteiger charge is 2.33. The fourth-order valence-electron chi connectivity index (χ4n) is 3.26. The average molecular weight is 491 g/mol.